The smallest absolute Gasteiger partial charge is 0.273 e. The summed E-state index contributed by atoms with van der Waals surface area (Å²) in [4.78, 5) is 22.0. The highest BCUT2D eigenvalue weighted by atomic mass is 35.5. The number of nitrogens with zero attached hydrogens (tertiary/aromatic N) is 2. The molecule has 130 valence electrons. The fourth-order valence-electron chi connectivity index (χ4n) is 2.28. The minimum atomic E-state index is -0.373. The molecule has 2 aromatic rings. The Morgan fingerprint density at radius 2 is 1.56 bits per heavy atom. The van der Waals surface area contributed by atoms with Gasteiger partial charge in [-0.25, -0.2) is 0 Å². The Balaban J connectivity index is 2.64. The van der Waals surface area contributed by atoms with Crippen LogP contribution in [0.25, 0.3) is 0 Å². The zero-order valence-corrected chi connectivity index (χ0v) is 14.9. The van der Waals surface area contributed by atoms with Crippen LogP contribution in [0.2, 0.25) is 5.02 Å². The number of amides is 1. The molecule has 2 aromatic carbocycles. The molecule has 25 heavy (non-hydrogen) atoms. The number of nitrogens with one attached hydrogen (secondary N) is 1. The van der Waals surface area contributed by atoms with E-state index in [1.807, 2.05) is 24.3 Å². The molecule has 0 unspecified atom stereocenters. The second kappa shape index (κ2) is 8.84. The van der Waals surface area contributed by atoms with E-state index in [0.29, 0.717) is 21.9 Å². The molecule has 1 N–H and O–H groups in total. The number of carbonyl (C=O) groups excluding carboxylic acids is 1. The van der Waals surface area contributed by atoms with Gasteiger partial charge in [-0.3, -0.25) is 4.79 Å². The topological polar surface area (TPSA) is 72.3 Å². The number of carbonyl (C=O) groups is 1. The first-order valence-electron chi connectivity index (χ1n) is 7.42. The van der Waals surface area contributed by atoms with Gasteiger partial charge in [0.2, 0.25) is 0 Å². The minimum Gasteiger partial charge on any atom is -0.399 e. The van der Waals surface area contributed by atoms with Crippen molar-refractivity contribution in [2.75, 3.05) is 21.3 Å². The maximum atomic E-state index is 12.2. The molecule has 0 saturated carbocycles. The number of hydrogen-bond donors (Lipinski definition) is 1. The number of rotatable bonds is 6. The van der Waals surface area contributed by atoms with Crippen LogP contribution >= 0.6 is 11.6 Å². The van der Waals surface area contributed by atoms with Crippen LogP contribution in [0.3, 0.4) is 0 Å². The van der Waals surface area contributed by atoms with Gasteiger partial charge in [0.1, 0.15) is 19.9 Å². The molecular weight excluding hydrogens is 342 g/mol. The highest BCUT2D eigenvalue weighted by Gasteiger charge is 2.21. The van der Waals surface area contributed by atoms with Crippen molar-refractivity contribution in [3.63, 3.8) is 0 Å². The lowest BCUT2D eigenvalue weighted by molar-refractivity contribution is -0.114. The molecule has 0 aliphatic heterocycles. The van der Waals surface area contributed by atoms with E-state index in [4.69, 9.17) is 21.3 Å². The summed E-state index contributed by atoms with van der Waals surface area (Å²) in [6.45, 7) is 0. The third-order valence-corrected chi connectivity index (χ3v) is 3.61. The highest BCUT2D eigenvalue weighted by Crippen LogP contribution is 2.19. The van der Waals surface area contributed by atoms with Crippen LogP contribution in [0.15, 0.2) is 58.8 Å². The summed E-state index contributed by atoms with van der Waals surface area (Å²) >= 11 is 5.96. The molecular formula is C18H18ClN3O3. The fourth-order valence-corrected chi connectivity index (χ4v) is 2.40. The third-order valence-electron chi connectivity index (χ3n) is 3.36. The number of halogens is 1. The summed E-state index contributed by atoms with van der Waals surface area (Å²) < 4.78 is 0. The molecule has 0 fully saturated rings. The standard InChI is InChI=1S/C18H18ClN3O3/c1-20-18(23)17(22-25-3)15-7-5-4-6-14(15)16(21-24-2)12-8-10-13(19)11-9-12/h4-11H,1-3H3,(H,20,23). The lowest BCUT2D eigenvalue weighted by Gasteiger charge is -2.13. The number of hydrogen-bond acceptors (Lipinski definition) is 5. The Labute approximate surface area is 151 Å². The molecule has 2 rings (SSSR count). The van der Waals surface area contributed by atoms with Crippen molar-refractivity contribution in [1.29, 1.82) is 0 Å². The van der Waals surface area contributed by atoms with Crippen LogP contribution in [0.4, 0.5) is 0 Å². The van der Waals surface area contributed by atoms with Crippen molar-refractivity contribution in [3.8, 4) is 0 Å². The SMILES string of the molecule is CNC(=O)C(=NOC)c1ccccc1C(=NOC)c1ccc(Cl)cc1. The molecule has 0 aromatic heterocycles. The molecule has 0 bridgehead atoms. The summed E-state index contributed by atoms with van der Waals surface area (Å²) in [5.41, 5.74) is 2.70. The van der Waals surface area contributed by atoms with E-state index in [-0.39, 0.29) is 11.6 Å². The number of likely N-dealkylation sites (N-methyl/N-ethyl adjacent to an activating group) is 1. The Morgan fingerprint density at radius 3 is 2.12 bits per heavy atom. The minimum absolute atomic E-state index is 0.137. The molecule has 1 amide bonds. The first kappa shape index (κ1) is 18.5. The summed E-state index contributed by atoms with van der Waals surface area (Å²) in [6.07, 6.45) is 0. The second-order valence-electron chi connectivity index (χ2n) is 4.88. The van der Waals surface area contributed by atoms with Crippen LogP contribution in [-0.2, 0) is 14.5 Å². The Kier molecular flexibility index (Phi) is 6.54. The predicted octanol–water partition coefficient (Wildman–Crippen LogP) is 2.84. The van der Waals surface area contributed by atoms with Gasteiger partial charge in [-0.2, -0.15) is 0 Å². The highest BCUT2D eigenvalue weighted by molar-refractivity contribution is 6.46. The van der Waals surface area contributed by atoms with E-state index in [0.717, 1.165) is 5.56 Å². The Hall–Kier alpha value is -2.86. The van der Waals surface area contributed by atoms with Gasteiger partial charge in [-0.1, -0.05) is 58.3 Å². The molecule has 0 spiro atoms. The average molecular weight is 360 g/mol. The van der Waals surface area contributed by atoms with Crippen molar-refractivity contribution in [2.45, 2.75) is 0 Å². The Morgan fingerprint density at radius 1 is 0.960 bits per heavy atom. The van der Waals surface area contributed by atoms with Crippen LogP contribution in [-0.4, -0.2) is 38.6 Å². The second-order valence-corrected chi connectivity index (χ2v) is 5.31. The van der Waals surface area contributed by atoms with Crippen molar-refractivity contribution in [2.24, 2.45) is 10.3 Å². The van der Waals surface area contributed by atoms with E-state index in [1.165, 1.54) is 21.3 Å². The normalized spacial score (nSPS) is 11.8. The van der Waals surface area contributed by atoms with Gasteiger partial charge in [0.25, 0.3) is 5.91 Å². The third kappa shape index (κ3) is 4.36. The molecule has 0 saturated heterocycles. The predicted molar refractivity (Wildman–Crippen MR) is 98.2 cm³/mol. The van der Waals surface area contributed by atoms with Crippen molar-refractivity contribution in [1.82, 2.24) is 5.32 Å². The zero-order valence-electron chi connectivity index (χ0n) is 14.1. The summed E-state index contributed by atoms with van der Waals surface area (Å²) in [5.74, 6) is -0.373. The van der Waals surface area contributed by atoms with Crippen LogP contribution in [0.1, 0.15) is 16.7 Å². The van der Waals surface area contributed by atoms with Crippen LogP contribution in [0.5, 0.6) is 0 Å². The van der Waals surface area contributed by atoms with Crippen molar-refractivity contribution in [3.05, 3.63) is 70.2 Å². The summed E-state index contributed by atoms with van der Waals surface area (Å²) in [5, 5.41) is 11.2. The van der Waals surface area contributed by atoms with Gasteiger partial charge in [0, 0.05) is 28.8 Å². The molecule has 7 heteroatoms. The fraction of sp³-hybridized carbons (Fsp3) is 0.167. The van der Waals surface area contributed by atoms with E-state index >= 15 is 0 Å². The first-order valence-corrected chi connectivity index (χ1v) is 7.80. The van der Waals surface area contributed by atoms with Crippen LogP contribution < -0.4 is 5.32 Å². The van der Waals surface area contributed by atoms with Gasteiger partial charge >= 0.3 is 0 Å². The maximum absolute atomic E-state index is 12.2. The first-order chi connectivity index (χ1) is 12.1. The molecule has 0 aliphatic carbocycles. The molecule has 6 nitrogen and oxygen atoms in total. The van der Waals surface area contributed by atoms with E-state index in [9.17, 15) is 4.79 Å². The summed E-state index contributed by atoms with van der Waals surface area (Å²) in [7, 11) is 4.37. The van der Waals surface area contributed by atoms with Crippen molar-refractivity contribution >= 4 is 28.9 Å². The lowest BCUT2D eigenvalue weighted by Crippen LogP contribution is -2.30. The van der Waals surface area contributed by atoms with Gasteiger partial charge < -0.3 is 15.0 Å². The van der Waals surface area contributed by atoms with E-state index in [2.05, 4.69) is 15.6 Å². The van der Waals surface area contributed by atoms with Crippen LogP contribution in [0, 0.1) is 0 Å². The number of oxime groups is 2. The van der Waals surface area contributed by atoms with Gasteiger partial charge in [-0.15, -0.1) is 0 Å². The quantitative estimate of drug-likeness (QED) is 0.636. The van der Waals surface area contributed by atoms with Gasteiger partial charge in [0.05, 0.1) is 0 Å². The van der Waals surface area contributed by atoms with Crippen molar-refractivity contribution < 1.29 is 14.5 Å². The number of benzene rings is 2. The summed E-state index contributed by atoms with van der Waals surface area (Å²) in [6, 6.07) is 14.4. The van der Waals surface area contributed by atoms with Gasteiger partial charge in [-0.05, 0) is 12.1 Å². The van der Waals surface area contributed by atoms with E-state index in [1.54, 1.807) is 24.3 Å². The largest absolute Gasteiger partial charge is 0.399 e. The zero-order chi connectivity index (χ0) is 18.2. The lowest BCUT2D eigenvalue weighted by atomic mass is 9.94. The monoisotopic (exact) mass is 359 g/mol. The van der Waals surface area contributed by atoms with Gasteiger partial charge in [0.15, 0.2) is 5.71 Å². The molecule has 0 heterocycles. The molecule has 0 radical (unpaired) electrons. The Bertz CT molecular complexity index is 801. The molecule has 0 aliphatic rings. The molecule has 0 atom stereocenters. The average Bonchev–Trinajstić information content (AvgIpc) is 2.64. The maximum Gasteiger partial charge on any atom is 0.273 e. The van der Waals surface area contributed by atoms with E-state index < -0.39 is 0 Å².